The number of anilines is 1. The normalized spacial score (nSPS) is 20.6. The minimum absolute atomic E-state index is 0.0163. The molecule has 7 rings (SSSR count). The van der Waals surface area contributed by atoms with Gasteiger partial charge in [0.05, 0.1) is 12.1 Å². The number of nitrogens with one attached hydrogen (secondary N) is 2. The van der Waals surface area contributed by atoms with Crippen LogP contribution in [0, 0.1) is 18.8 Å². The van der Waals surface area contributed by atoms with Gasteiger partial charge in [-0.05, 0) is 117 Å². The molecule has 2 aromatic carbocycles. The first-order chi connectivity index (χ1) is 26.0. The van der Waals surface area contributed by atoms with E-state index in [4.69, 9.17) is 4.74 Å². The van der Waals surface area contributed by atoms with Gasteiger partial charge in [0, 0.05) is 56.4 Å². The number of ether oxygens (including phenoxy) is 1. The summed E-state index contributed by atoms with van der Waals surface area (Å²) in [5.74, 6) is -0.498. The van der Waals surface area contributed by atoms with Gasteiger partial charge in [-0.15, -0.1) is 0 Å². The van der Waals surface area contributed by atoms with Gasteiger partial charge in [-0.2, -0.15) is 0 Å². The fraction of sp³-hybridized carbons (Fsp3) is 0.537. The standard InChI is InChI=1S/C41H52N6O7/c1-26-23-32(24-31-7-8-35(48)43-37(26)31)27(2)38(39(51)45-18-11-29(12-19-45)28-9-16-44(17-10-28)25-36(49)50)54-41(53)46-20-14-33(15-21-46)47-22-13-30-5-3-4-6-34(30)42-40(47)52/h3-8,23-24,27-29,33,38H,9-22,25H2,1-2H3,(H,42,52)(H,43,48)(H,49,50)/t27-,38?/m1/s1. The number of carboxylic acids is 1. The summed E-state index contributed by atoms with van der Waals surface area (Å²) in [6.45, 7) is 8.05. The van der Waals surface area contributed by atoms with Crippen molar-refractivity contribution in [3.63, 3.8) is 0 Å². The number of carboxylic acid groups (broad SMARTS) is 1. The number of pyridine rings is 1. The lowest BCUT2D eigenvalue weighted by Gasteiger charge is -2.41. The predicted octanol–water partition coefficient (Wildman–Crippen LogP) is 5.04. The average Bonchev–Trinajstić information content (AvgIpc) is 3.34. The molecule has 13 nitrogen and oxygen atoms in total. The lowest BCUT2D eigenvalue weighted by Crippen LogP contribution is -2.52. The van der Waals surface area contributed by atoms with Crippen LogP contribution in [0.1, 0.15) is 68.1 Å². The number of nitrogens with zero attached hydrogens (tertiary/aromatic N) is 4. The highest BCUT2D eigenvalue weighted by molar-refractivity contribution is 5.91. The largest absolute Gasteiger partial charge is 0.480 e. The van der Waals surface area contributed by atoms with E-state index >= 15 is 0 Å². The van der Waals surface area contributed by atoms with E-state index < -0.39 is 24.1 Å². The maximum atomic E-state index is 14.4. The van der Waals surface area contributed by atoms with Gasteiger partial charge in [-0.3, -0.25) is 19.3 Å². The van der Waals surface area contributed by atoms with Gasteiger partial charge in [0.1, 0.15) is 0 Å². The van der Waals surface area contributed by atoms with Crippen LogP contribution in [0.3, 0.4) is 0 Å². The van der Waals surface area contributed by atoms with Gasteiger partial charge < -0.3 is 34.8 Å². The van der Waals surface area contributed by atoms with Gasteiger partial charge in [0.2, 0.25) is 5.56 Å². The number of hydrogen-bond donors (Lipinski definition) is 3. The number of likely N-dealkylation sites (tertiary alicyclic amines) is 3. The number of aryl methyl sites for hydroxylation is 1. The molecule has 3 N–H and O–H groups in total. The Kier molecular flexibility index (Phi) is 11.2. The van der Waals surface area contributed by atoms with Crippen LogP contribution in [0.5, 0.6) is 0 Å². The van der Waals surface area contributed by atoms with Crippen molar-refractivity contribution in [3.8, 4) is 0 Å². The molecule has 288 valence electrons. The minimum atomic E-state index is -1.06. The topological polar surface area (TPSA) is 156 Å². The summed E-state index contributed by atoms with van der Waals surface area (Å²) in [6.07, 6.45) is 4.02. The van der Waals surface area contributed by atoms with Crippen LogP contribution in [-0.4, -0.2) is 118 Å². The monoisotopic (exact) mass is 740 g/mol. The second kappa shape index (κ2) is 16.2. The fourth-order valence-electron chi connectivity index (χ4n) is 9.11. The second-order valence-corrected chi connectivity index (χ2v) is 15.6. The zero-order chi connectivity index (χ0) is 37.9. The number of benzene rings is 2. The third-order valence-electron chi connectivity index (χ3n) is 12.3. The van der Waals surface area contributed by atoms with Gasteiger partial charge in [0.15, 0.2) is 6.10 Å². The molecule has 4 aliphatic heterocycles. The molecule has 5 heterocycles. The summed E-state index contributed by atoms with van der Waals surface area (Å²) in [5.41, 5.74) is 4.20. The Bertz CT molecular complexity index is 1920. The lowest BCUT2D eigenvalue weighted by molar-refractivity contribution is -0.143. The van der Waals surface area contributed by atoms with Gasteiger partial charge in [-0.1, -0.05) is 31.2 Å². The minimum Gasteiger partial charge on any atom is -0.480 e. The first kappa shape index (κ1) is 37.4. The third kappa shape index (κ3) is 8.25. The third-order valence-corrected chi connectivity index (χ3v) is 12.3. The van der Waals surface area contributed by atoms with E-state index in [0.717, 1.165) is 78.5 Å². The molecule has 0 saturated carbocycles. The van der Waals surface area contributed by atoms with Crippen molar-refractivity contribution >= 4 is 40.6 Å². The van der Waals surface area contributed by atoms with Crippen molar-refractivity contribution in [3.05, 3.63) is 75.6 Å². The molecule has 13 heteroatoms. The molecule has 4 amide bonds. The van der Waals surface area contributed by atoms with Gasteiger partial charge >= 0.3 is 18.1 Å². The Balaban J connectivity index is 1.02. The molecule has 0 spiro atoms. The van der Waals surface area contributed by atoms with Crippen molar-refractivity contribution in [2.75, 3.05) is 57.7 Å². The van der Waals surface area contributed by atoms with E-state index in [9.17, 15) is 29.1 Å². The Morgan fingerprint density at radius 3 is 2.22 bits per heavy atom. The molecule has 3 fully saturated rings. The number of rotatable bonds is 8. The van der Waals surface area contributed by atoms with Crippen LogP contribution in [-0.2, 0) is 20.7 Å². The van der Waals surface area contributed by atoms with Crippen LogP contribution < -0.4 is 10.9 Å². The smallest absolute Gasteiger partial charge is 0.410 e. The molecule has 3 saturated heterocycles. The summed E-state index contributed by atoms with van der Waals surface area (Å²) < 4.78 is 6.23. The van der Waals surface area contributed by atoms with E-state index in [-0.39, 0.29) is 30.1 Å². The molecule has 4 aliphatic rings. The maximum Gasteiger partial charge on any atom is 0.410 e. The van der Waals surface area contributed by atoms with Crippen molar-refractivity contribution < 1.29 is 29.0 Å². The zero-order valence-corrected chi connectivity index (χ0v) is 31.3. The van der Waals surface area contributed by atoms with Crippen molar-refractivity contribution in [2.24, 2.45) is 11.8 Å². The first-order valence-corrected chi connectivity index (χ1v) is 19.5. The molecule has 0 aliphatic carbocycles. The number of H-pyrrole nitrogens is 1. The molecule has 54 heavy (non-hydrogen) atoms. The molecule has 1 aromatic heterocycles. The van der Waals surface area contributed by atoms with Crippen LogP contribution in [0.25, 0.3) is 10.9 Å². The number of para-hydroxylation sites is 1. The van der Waals surface area contributed by atoms with Crippen molar-refractivity contribution in [1.82, 2.24) is 24.6 Å². The highest BCUT2D eigenvalue weighted by Gasteiger charge is 2.39. The summed E-state index contributed by atoms with van der Waals surface area (Å²) in [4.78, 5) is 75.0. The fourth-order valence-corrected chi connectivity index (χ4v) is 9.11. The van der Waals surface area contributed by atoms with Crippen LogP contribution in [0.2, 0.25) is 0 Å². The molecular formula is C41H52N6O7. The first-order valence-electron chi connectivity index (χ1n) is 19.5. The number of urea groups is 1. The molecular weight excluding hydrogens is 688 g/mol. The quantitative estimate of drug-likeness (QED) is 0.291. The molecule has 2 atom stereocenters. The molecule has 1 unspecified atom stereocenters. The van der Waals surface area contributed by atoms with E-state index in [1.165, 1.54) is 6.07 Å². The van der Waals surface area contributed by atoms with Crippen molar-refractivity contribution in [1.29, 1.82) is 0 Å². The number of piperidine rings is 3. The number of amides is 4. The molecule has 0 radical (unpaired) electrons. The van der Waals surface area contributed by atoms with E-state index in [2.05, 4.69) is 10.3 Å². The van der Waals surface area contributed by atoms with E-state index in [1.54, 1.807) is 11.0 Å². The number of aliphatic carboxylic acids is 1. The Hall–Kier alpha value is -4.91. The van der Waals surface area contributed by atoms with Crippen LogP contribution in [0.4, 0.5) is 15.3 Å². The van der Waals surface area contributed by atoms with Crippen LogP contribution >= 0.6 is 0 Å². The number of aromatic amines is 1. The van der Waals surface area contributed by atoms with E-state index in [1.807, 2.05) is 64.9 Å². The summed E-state index contributed by atoms with van der Waals surface area (Å²) in [7, 11) is 0. The number of hydrogen-bond acceptors (Lipinski definition) is 7. The Morgan fingerprint density at radius 1 is 0.852 bits per heavy atom. The summed E-state index contributed by atoms with van der Waals surface area (Å²) in [5, 5.41) is 13.1. The average molecular weight is 741 g/mol. The number of fused-ring (bicyclic) bond motifs is 2. The van der Waals surface area contributed by atoms with Crippen molar-refractivity contribution in [2.45, 2.75) is 76.9 Å². The highest BCUT2D eigenvalue weighted by atomic mass is 16.6. The van der Waals surface area contributed by atoms with Crippen LogP contribution in [0.15, 0.2) is 53.3 Å². The number of carbonyl (C=O) groups excluding carboxylic acids is 3. The highest BCUT2D eigenvalue weighted by Crippen LogP contribution is 2.35. The Morgan fingerprint density at radius 2 is 1.52 bits per heavy atom. The predicted molar refractivity (Wildman–Crippen MR) is 205 cm³/mol. The maximum absolute atomic E-state index is 14.4. The number of carbonyl (C=O) groups is 4. The Labute approximate surface area is 315 Å². The lowest BCUT2D eigenvalue weighted by atomic mass is 9.78. The zero-order valence-electron chi connectivity index (χ0n) is 31.3. The second-order valence-electron chi connectivity index (χ2n) is 15.6. The van der Waals surface area contributed by atoms with Gasteiger partial charge in [-0.25, -0.2) is 9.59 Å². The SMILES string of the molecule is Cc1cc([C@@H](C)C(OC(=O)N2CCC(N3CCc4ccccc4NC3=O)CC2)C(=O)N2CCC(C3CCN(CC(=O)O)CC3)CC2)cc2ccc(=O)[nH]c12. The number of aromatic nitrogens is 1. The van der Waals surface area contributed by atoms with Gasteiger partial charge in [0.25, 0.3) is 5.91 Å². The summed E-state index contributed by atoms with van der Waals surface area (Å²) >= 11 is 0. The molecule has 3 aromatic rings. The van der Waals surface area contributed by atoms with E-state index in [0.29, 0.717) is 57.4 Å². The summed E-state index contributed by atoms with van der Waals surface area (Å²) in [6, 6.07) is 14.9. The molecule has 0 bridgehead atoms.